The first-order valence-electron chi connectivity index (χ1n) is 8.37. The molecule has 2 N–H and O–H groups in total. The SMILES string of the molecule is O=C(CCCCCCCCCCCO[N+](=O)[O-])NC(CS)C(=O)O. The van der Waals surface area contributed by atoms with Gasteiger partial charge in [0.1, 0.15) is 6.04 Å². The molecule has 0 aromatic heterocycles. The third kappa shape index (κ3) is 14.1. The lowest BCUT2D eigenvalue weighted by molar-refractivity contribution is -0.757. The van der Waals surface area contributed by atoms with Gasteiger partial charge in [-0.3, -0.25) is 4.79 Å². The molecule has 0 heterocycles. The van der Waals surface area contributed by atoms with E-state index in [4.69, 9.17) is 5.11 Å². The van der Waals surface area contributed by atoms with E-state index in [0.717, 1.165) is 51.4 Å². The van der Waals surface area contributed by atoms with E-state index in [1.54, 1.807) is 0 Å². The van der Waals surface area contributed by atoms with Crippen molar-refractivity contribution in [2.45, 2.75) is 70.3 Å². The van der Waals surface area contributed by atoms with Gasteiger partial charge in [-0.25, -0.2) is 4.79 Å². The fraction of sp³-hybridized carbons (Fsp3) is 0.867. The largest absolute Gasteiger partial charge is 0.480 e. The van der Waals surface area contributed by atoms with Crippen LogP contribution >= 0.6 is 12.6 Å². The maximum Gasteiger partial charge on any atom is 0.327 e. The van der Waals surface area contributed by atoms with Crippen LogP contribution in [0.5, 0.6) is 0 Å². The topological polar surface area (TPSA) is 119 Å². The minimum atomic E-state index is -1.07. The van der Waals surface area contributed by atoms with E-state index in [9.17, 15) is 19.7 Å². The summed E-state index contributed by atoms with van der Waals surface area (Å²) < 4.78 is 0. The number of carbonyl (C=O) groups excluding carboxylic acids is 1. The molecule has 1 amide bonds. The molecule has 0 aliphatic heterocycles. The number of carboxylic acids is 1. The fourth-order valence-electron chi connectivity index (χ4n) is 2.22. The van der Waals surface area contributed by atoms with Crippen LogP contribution < -0.4 is 5.32 Å². The van der Waals surface area contributed by atoms with Crippen LogP contribution in [0.25, 0.3) is 0 Å². The number of hydrogen-bond donors (Lipinski definition) is 3. The molecular weight excluding hydrogens is 336 g/mol. The van der Waals surface area contributed by atoms with Gasteiger partial charge in [0, 0.05) is 12.2 Å². The molecule has 1 unspecified atom stereocenters. The minimum absolute atomic E-state index is 0.0826. The van der Waals surface area contributed by atoms with Gasteiger partial charge in [-0.05, 0) is 12.8 Å². The van der Waals surface area contributed by atoms with Gasteiger partial charge in [0.05, 0.1) is 6.61 Å². The Morgan fingerprint density at radius 2 is 1.54 bits per heavy atom. The summed E-state index contributed by atoms with van der Waals surface area (Å²) in [5.74, 6) is -1.23. The molecule has 0 spiro atoms. The number of unbranched alkanes of at least 4 members (excludes halogenated alkanes) is 8. The van der Waals surface area contributed by atoms with Gasteiger partial charge >= 0.3 is 5.97 Å². The zero-order valence-electron chi connectivity index (χ0n) is 13.9. The number of amides is 1. The number of nitrogens with zero attached hydrogens (tertiary/aromatic N) is 1. The summed E-state index contributed by atoms with van der Waals surface area (Å²) in [7, 11) is 0. The third-order valence-electron chi connectivity index (χ3n) is 3.56. The van der Waals surface area contributed by atoms with Crippen LogP contribution in [0.1, 0.15) is 64.2 Å². The normalized spacial score (nSPS) is 11.7. The zero-order chi connectivity index (χ0) is 18.2. The Bertz CT molecular complexity index is 381. The van der Waals surface area contributed by atoms with Gasteiger partial charge < -0.3 is 15.3 Å². The van der Waals surface area contributed by atoms with Crippen LogP contribution in [0.15, 0.2) is 0 Å². The van der Waals surface area contributed by atoms with Crippen molar-refractivity contribution < 1.29 is 24.6 Å². The summed E-state index contributed by atoms with van der Waals surface area (Å²) in [5, 5.41) is 20.4. The second kappa shape index (κ2) is 15.0. The van der Waals surface area contributed by atoms with Crippen LogP contribution in [-0.2, 0) is 14.4 Å². The van der Waals surface area contributed by atoms with E-state index in [1.807, 2.05) is 0 Å². The summed E-state index contributed by atoms with van der Waals surface area (Å²) in [6, 6.07) is -0.920. The van der Waals surface area contributed by atoms with Crippen molar-refractivity contribution in [3.05, 3.63) is 10.1 Å². The Labute approximate surface area is 147 Å². The Morgan fingerprint density at radius 3 is 2.00 bits per heavy atom. The standard InChI is InChI=1S/C15H28N2O6S/c18-14(16-13(12-24)15(19)20)10-8-6-4-2-1-3-5-7-9-11-23-17(21)22/h13,24H,1-12H2,(H,16,18)(H,19,20). The van der Waals surface area contributed by atoms with E-state index in [2.05, 4.69) is 22.8 Å². The highest BCUT2D eigenvalue weighted by Gasteiger charge is 2.17. The van der Waals surface area contributed by atoms with Gasteiger partial charge in [-0.2, -0.15) is 12.6 Å². The Hall–Kier alpha value is -1.51. The molecule has 0 rings (SSSR count). The van der Waals surface area contributed by atoms with E-state index in [1.165, 1.54) is 0 Å². The van der Waals surface area contributed by atoms with Gasteiger partial charge in [0.25, 0.3) is 5.09 Å². The van der Waals surface area contributed by atoms with Crippen molar-refractivity contribution in [3.63, 3.8) is 0 Å². The molecule has 9 heteroatoms. The summed E-state index contributed by atoms with van der Waals surface area (Å²) in [5.41, 5.74) is 0. The van der Waals surface area contributed by atoms with Crippen molar-refractivity contribution in [2.24, 2.45) is 0 Å². The Balaban J connectivity index is 3.34. The number of nitrogens with one attached hydrogen (secondary N) is 1. The van der Waals surface area contributed by atoms with Crippen molar-refractivity contribution >= 4 is 24.5 Å². The maximum atomic E-state index is 11.6. The number of carboxylic acid groups (broad SMARTS) is 1. The van der Waals surface area contributed by atoms with E-state index in [0.29, 0.717) is 12.8 Å². The molecule has 140 valence electrons. The van der Waals surface area contributed by atoms with E-state index in [-0.39, 0.29) is 18.3 Å². The van der Waals surface area contributed by atoms with Gasteiger partial charge in [0.2, 0.25) is 5.91 Å². The lowest BCUT2D eigenvalue weighted by Gasteiger charge is -2.11. The van der Waals surface area contributed by atoms with Crippen LogP contribution in [-0.4, -0.2) is 40.5 Å². The van der Waals surface area contributed by atoms with Crippen LogP contribution in [0.4, 0.5) is 0 Å². The summed E-state index contributed by atoms with van der Waals surface area (Å²) >= 11 is 3.89. The van der Waals surface area contributed by atoms with E-state index >= 15 is 0 Å². The van der Waals surface area contributed by atoms with Crippen LogP contribution in [0.3, 0.4) is 0 Å². The number of thiol groups is 1. The molecule has 24 heavy (non-hydrogen) atoms. The highest BCUT2D eigenvalue weighted by molar-refractivity contribution is 7.80. The molecule has 8 nitrogen and oxygen atoms in total. The second-order valence-corrected chi connectivity index (χ2v) is 5.99. The maximum absolute atomic E-state index is 11.6. The molecule has 0 radical (unpaired) electrons. The predicted octanol–water partition coefficient (Wildman–Crippen LogP) is 2.59. The average Bonchev–Trinajstić information content (AvgIpc) is 2.53. The zero-order valence-corrected chi connectivity index (χ0v) is 14.8. The van der Waals surface area contributed by atoms with Crippen molar-refractivity contribution in [3.8, 4) is 0 Å². The number of rotatable bonds is 16. The number of hydrogen-bond acceptors (Lipinski definition) is 6. The predicted molar refractivity (Wildman–Crippen MR) is 92.5 cm³/mol. The second-order valence-electron chi connectivity index (χ2n) is 5.63. The quantitative estimate of drug-likeness (QED) is 0.168. The lowest BCUT2D eigenvalue weighted by atomic mass is 10.1. The summed E-state index contributed by atoms with van der Waals surface area (Å²) in [6.45, 7) is 0.172. The van der Waals surface area contributed by atoms with Gasteiger partial charge in [-0.1, -0.05) is 44.9 Å². The van der Waals surface area contributed by atoms with Crippen LogP contribution in [0, 0.1) is 10.1 Å². The fourth-order valence-corrected chi connectivity index (χ4v) is 2.46. The molecule has 0 aromatic rings. The summed E-state index contributed by atoms with van der Waals surface area (Å²) in [4.78, 5) is 36.5. The first-order valence-corrected chi connectivity index (χ1v) is 9.01. The number of carbonyl (C=O) groups is 2. The average molecular weight is 364 g/mol. The first kappa shape index (κ1) is 22.5. The van der Waals surface area contributed by atoms with E-state index < -0.39 is 17.1 Å². The van der Waals surface area contributed by atoms with Gasteiger partial charge in [0.15, 0.2) is 0 Å². The minimum Gasteiger partial charge on any atom is -0.480 e. The van der Waals surface area contributed by atoms with Crippen molar-refractivity contribution in [1.29, 1.82) is 0 Å². The third-order valence-corrected chi connectivity index (χ3v) is 3.93. The molecular formula is C15H28N2O6S. The highest BCUT2D eigenvalue weighted by atomic mass is 32.1. The number of aliphatic carboxylic acids is 1. The summed E-state index contributed by atoms with van der Waals surface area (Å²) in [6.07, 6.45) is 9.09. The molecule has 0 saturated heterocycles. The van der Waals surface area contributed by atoms with Crippen molar-refractivity contribution in [1.82, 2.24) is 5.32 Å². The molecule has 0 saturated carbocycles. The molecule has 0 aromatic carbocycles. The van der Waals surface area contributed by atoms with Gasteiger partial charge in [-0.15, -0.1) is 10.1 Å². The van der Waals surface area contributed by atoms with Crippen LogP contribution in [0.2, 0.25) is 0 Å². The molecule has 0 fully saturated rings. The Kier molecular flexibility index (Phi) is 14.1. The molecule has 0 aliphatic carbocycles. The molecule has 1 atom stereocenters. The highest BCUT2D eigenvalue weighted by Crippen LogP contribution is 2.10. The molecule has 0 bridgehead atoms. The molecule has 0 aliphatic rings. The lowest BCUT2D eigenvalue weighted by Crippen LogP contribution is -2.42. The Morgan fingerprint density at radius 1 is 1.04 bits per heavy atom. The van der Waals surface area contributed by atoms with Crippen molar-refractivity contribution in [2.75, 3.05) is 12.4 Å². The smallest absolute Gasteiger partial charge is 0.327 e. The monoisotopic (exact) mass is 364 g/mol. The first-order chi connectivity index (χ1) is 11.5.